The van der Waals surface area contributed by atoms with Crippen LogP contribution in [-0.2, 0) is 9.53 Å². The number of aryl methyl sites for hydroxylation is 2. The van der Waals surface area contributed by atoms with E-state index < -0.39 is 5.97 Å². The van der Waals surface area contributed by atoms with Crippen LogP contribution < -0.4 is 4.74 Å². The quantitative estimate of drug-likeness (QED) is 0.572. The van der Waals surface area contributed by atoms with Crippen molar-refractivity contribution in [2.75, 3.05) is 13.2 Å². The van der Waals surface area contributed by atoms with Gasteiger partial charge in [-0.2, -0.15) is 0 Å². The van der Waals surface area contributed by atoms with E-state index in [-0.39, 0.29) is 30.9 Å². The fourth-order valence-corrected chi connectivity index (χ4v) is 2.66. The van der Waals surface area contributed by atoms with E-state index in [1.165, 1.54) is 0 Å². The van der Waals surface area contributed by atoms with Gasteiger partial charge in [0.2, 0.25) is 5.78 Å². The minimum Gasteiger partial charge on any atom is -0.463 e. The number of hydrogen-bond donors (Lipinski definition) is 0. The number of Topliss-reactive ketones (excluding diaryl/α,β-unsaturated/α-hetero) is 1. The molecule has 0 radical (unpaired) electrons. The van der Waals surface area contributed by atoms with Crippen LogP contribution in [0.5, 0.6) is 5.88 Å². The lowest BCUT2D eigenvalue weighted by Crippen LogP contribution is -2.20. The molecule has 2 aromatic heterocycles. The molecule has 0 bridgehead atoms. The van der Waals surface area contributed by atoms with Crippen molar-refractivity contribution in [1.82, 2.24) is 9.72 Å². The highest BCUT2D eigenvalue weighted by Gasteiger charge is 2.18. The highest BCUT2D eigenvalue weighted by molar-refractivity contribution is 5.99. The number of aromatic nitrogens is 2. The van der Waals surface area contributed by atoms with Crippen LogP contribution in [0.4, 0.5) is 0 Å². The molecule has 0 atom stereocenters. The summed E-state index contributed by atoms with van der Waals surface area (Å²) in [6.07, 6.45) is 0. The van der Waals surface area contributed by atoms with Gasteiger partial charge in [-0.3, -0.25) is 4.79 Å². The minimum absolute atomic E-state index is 0.205. The number of rotatable bonds is 7. The second-order valence-electron chi connectivity index (χ2n) is 5.90. The molecule has 0 aliphatic rings. The maximum absolute atomic E-state index is 12.3. The standard InChI is InChI=1S/C17H22N2O5/c1-10(2)19-11(3)6-14(13(19)5)15(20)8-23-17(21)9-22-16-7-12(4)24-18-16/h6-7,10H,8-9H2,1-5H3. The molecule has 24 heavy (non-hydrogen) atoms. The van der Waals surface area contributed by atoms with E-state index in [0.717, 1.165) is 11.4 Å². The molecule has 0 spiro atoms. The van der Waals surface area contributed by atoms with Gasteiger partial charge in [0, 0.05) is 29.1 Å². The van der Waals surface area contributed by atoms with Gasteiger partial charge in [-0.15, -0.1) is 0 Å². The first-order chi connectivity index (χ1) is 11.3. The number of ketones is 1. The Labute approximate surface area is 140 Å². The van der Waals surface area contributed by atoms with Crippen molar-refractivity contribution in [3.63, 3.8) is 0 Å². The fourth-order valence-electron chi connectivity index (χ4n) is 2.66. The smallest absolute Gasteiger partial charge is 0.344 e. The van der Waals surface area contributed by atoms with Gasteiger partial charge in [0.1, 0.15) is 5.76 Å². The van der Waals surface area contributed by atoms with Crippen molar-refractivity contribution < 1.29 is 23.6 Å². The summed E-state index contributed by atoms with van der Waals surface area (Å²) in [5, 5.41) is 3.60. The van der Waals surface area contributed by atoms with Crippen LogP contribution in [0, 0.1) is 20.8 Å². The van der Waals surface area contributed by atoms with E-state index in [2.05, 4.69) is 23.6 Å². The van der Waals surface area contributed by atoms with Crippen molar-refractivity contribution in [2.24, 2.45) is 0 Å². The van der Waals surface area contributed by atoms with E-state index in [1.54, 1.807) is 13.0 Å². The molecule has 130 valence electrons. The topological polar surface area (TPSA) is 83.6 Å². The van der Waals surface area contributed by atoms with Crippen LogP contribution in [-0.4, -0.2) is 34.7 Å². The Morgan fingerprint density at radius 3 is 2.46 bits per heavy atom. The van der Waals surface area contributed by atoms with Crippen molar-refractivity contribution in [2.45, 2.75) is 40.7 Å². The lowest BCUT2D eigenvalue weighted by atomic mass is 10.1. The molecule has 0 N–H and O–H groups in total. The van der Waals surface area contributed by atoms with E-state index in [9.17, 15) is 9.59 Å². The normalized spacial score (nSPS) is 10.9. The molecule has 2 rings (SSSR count). The number of carbonyl (C=O) groups is 2. The van der Waals surface area contributed by atoms with Gasteiger partial charge in [0.05, 0.1) is 0 Å². The second-order valence-corrected chi connectivity index (χ2v) is 5.90. The molecule has 7 nitrogen and oxygen atoms in total. The highest BCUT2D eigenvalue weighted by atomic mass is 16.6. The fraction of sp³-hybridized carbons (Fsp3) is 0.471. The lowest BCUT2D eigenvalue weighted by Gasteiger charge is -2.13. The summed E-state index contributed by atoms with van der Waals surface area (Å²) < 4.78 is 17.0. The third-order valence-electron chi connectivity index (χ3n) is 3.61. The second kappa shape index (κ2) is 7.33. The molecule has 0 saturated heterocycles. The summed E-state index contributed by atoms with van der Waals surface area (Å²) >= 11 is 0. The van der Waals surface area contributed by atoms with Crippen molar-refractivity contribution in [3.8, 4) is 5.88 Å². The Kier molecular flexibility index (Phi) is 5.43. The van der Waals surface area contributed by atoms with Crippen LogP contribution in [0.15, 0.2) is 16.7 Å². The molecule has 0 aromatic carbocycles. The largest absolute Gasteiger partial charge is 0.463 e. The van der Waals surface area contributed by atoms with E-state index >= 15 is 0 Å². The Morgan fingerprint density at radius 1 is 1.21 bits per heavy atom. The average Bonchev–Trinajstić information content (AvgIpc) is 3.05. The van der Waals surface area contributed by atoms with E-state index in [1.807, 2.05) is 19.9 Å². The molecule has 0 aliphatic heterocycles. The van der Waals surface area contributed by atoms with Crippen LogP contribution in [0.3, 0.4) is 0 Å². The number of nitrogens with zero attached hydrogens (tertiary/aromatic N) is 2. The van der Waals surface area contributed by atoms with Gasteiger partial charge < -0.3 is 18.6 Å². The van der Waals surface area contributed by atoms with E-state index in [4.69, 9.17) is 14.0 Å². The summed E-state index contributed by atoms with van der Waals surface area (Å²) in [7, 11) is 0. The van der Waals surface area contributed by atoms with Gasteiger partial charge in [0.25, 0.3) is 5.88 Å². The van der Waals surface area contributed by atoms with Gasteiger partial charge in [-0.25, -0.2) is 4.79 Å². The number of carbonyl (C=O) groups excluding carboxylic acids is 2. The summed E-state index contributed by atoms with van der Waals surface area (Å²) in [6.45, 7) is 9.01. The van der Waals surface area contributed by atoms with Crippen LogP contribution >= 0.6 is 0 Å². The van der Waals surface area contributed by atoms with Crippen LogP contribution in [0.2, 0.25) is 0 Å². The van der Waals surface area contributed by atoms with Gasteiger partial charge in [-0.1, -0.05) is 0 Å². The third-order valence-corrected chi connectivity index (χ3v) is 3.61. The summed E-state index contributed by atoms with van der Waals surface area (Å²) in [6, 6.07) is 3.63. The zero-order valence-corrected chi connectivity index (χ0v) is 14.6. The van der Waals surface area contributed by atoms with Gasteiger partial charge in [0.15, 0.2) is 13.2 Å². The first kappa shape index (κ1) is 17.8. The Morgan fingerprint density at radius 2 is 1.92 bits per heavy atom. The van der Waals surface area contributed by atoms with Crippen molar-refractivity contribution in [3.05, 3.63) is 34.8 Å². The Bertz CT molecular complexity index is 742. The maximum atomic E-state index is 12.3. The number of esters is 1. The molecule has 0 aliphatic carbocycles. The lowest BCUT2D eigenvalue weighted by molar-refractivity contribution is -0.144. The van der Waals surface area contributed by atoms with Crippen LogP contribution in [0.25, 0.3) is 0 Å². The molecule has 0 amide bonds. The van der Waals surface area contributed by atoms with Crippen LogP contribution in [0.1, 0.15) is 47.4 Å². The number of hydrogen-bond acceptors (Lipinski definition) is 6. The van der Waals surface area contributed by atoms with E-state index in [0.29, 0.717) is 11.3 Å². The molecule has 7 heteroatoms. The molecule has 0 saturated carbocycles. The summed E-state index contributed by atoms with van der Waals surface area (Å²) in [5.41, 5.74) is 2.45. The van der Waals surface area contributed by atoms with Crippen molar-refractivity contribution >= 4 is 11.8 Å². The highest BCUT2D eigenvalue weighted by Crippen LogP contribution is 2.20. The van der Waals surface area contributed by atoms with Gasteiger partial charge >= 0.3 is 5.97 Å². The number of ether oxygens (including phenoxy) is 2. The molecule has 0 fully saturated rings. The maximum Gasteiger partial charge on any atom is 0.344 e. The minimum atomic E-state index is -0.637. The zero-order valence-electron chi connectivity index (χ0n) is 14.6. The molecule has 2 aromatic rings. The van der Waals surface area contributed by atoms with Gasteiger partial charge in [-0.05, 0) is 45.8 Å². The molecular formula is C17H22N2O5. The summed E-state index contributed by atoms with van der Waals surface area (Å²) in [4.78, 5) is 23.9. The Balaban J connectivity index is 1.88. The molecule has 0 unspecified atom stereocenters. The third kappa shape index (κ3) is 4.04. The monoisotopic (exact) mass is 334 g/mol. The SMILES string of the molecule is Cc1cc(OCC(=O)OCC(=O)c2cc(C)n(C(C)C)c2C)no1. The predicted molar refractivity (Wildman–Crippen MR) is 86.3 cm³/mol. The first-order valence-electron chi connectivity index (χ1n) is 7.73. The summed E-state index contributed by atoms with van der Waals surface area (Å²) in [5.74, 6) is -0.0902. The molecule has 2 heterocycles. The molecular weight excluding hydrogens is 312 g/mol. The average molecular weight is 334 g/mol. The first-order valence-corrected chi connectivity index (χ1v) is 7.73. The Hall–Kier alpha value is -2.57. The zero-order chi connectivity index (χ0) is 17.9. The predicted octanol–water partition coefficient (Wildman–Crippen LogP) is 2.79. The van der Waals surface area contributed by atoms with Crippen molar-refractivity contribution in [1.29, 1.82) is 0 Å².